The van der Waals surface area contributed by atoms with Gasteiger partial charge >= 0.3 is 0 Å². The number of hydrogen-bond acceptors (Lipinski definition) is 7. The van der Waals surface area contributed by atoms with Crippen LogP contribution >= 0.6 is 0 Å². The summed E-state index contributed by atoms with van der Waals surface area (Å²) in [5.74, 6) is 0.839. The molecule has 1 saturated carbocycles. The number of carbonyl (C=O) groups excluding carboxylic acids is 1. The number of amides is 1. The lowest BCUT2D eigenvalue weighted by molar-refractivity contribution is 0.102. The van der Waals surface area contributed by atoms with E-state index in [0.29, 0.717) is 36.3 Å². The van der Waals surface area contributed by atoms with Crippen molar-refractivity contribution in [2.75, 3.05) is 49.7 Å². The molecule has 1 amide bonds. The Morgan fingerprint density at radius 2 is 2.00 bits per heavy atom. The van der Waals surface area contributed by atoms with E-state index in [-0.39, 0.29) is 19.1 Å². The first-order chi connectivity index (χ1) is 17.1. The molecular weight excluding hydrogens is 444 g/mol. The zero-order valence-electron chi connectivity index (χ0n) is 19.9. The highest BCUT2D eigenvalue weighted by Gasteiger charge is 2.25. The molecule has 5 rings (SSSR count). The molecule has 8 heteroatoms. The second kappa shape index (κ2) is 10.4. The highest BCUT2D eigenvalue weighted by atomic mass is 16.5. The molecular formula is C27H30N4O4. The molecule has 2 aliphatic rings. The molecule has 2 aromatic heterocycles. The lowest BCUT2D eigenvalue weighted by Gasteiger charge is -2.30. The number of aliphatic hydroxyl groups is 1. The van der Waals surface area contributed by atoms with E-state index < -0.39 is 0 Å². The molecule has 0 spiro atoms. The van der Waals surface area contributed by atoms with Crippen molar-refractivity contribution in [2.24, 2.45) is 0 Å². The molecule has 2 fully saturated rings. The number of rotatable bonds is 8. The summed E-state index contributed by atoms with van der Waals surface area (Å²) in [6, 6.07) is 11.6. The fourth-order valence-electron chi connectivity index (χ4n) is 4.28. The number of aromatic nitrogens is 2. The van der Waals surface area contributed by atoms with Gasteiger partial charge in [0.1, 0.15) is 12.3 Å². The van der Waals surface area contributed by atoms with Crippen molar-refractivity contribution >= 4 is 17.3 Å². The van der Waals surface area contributed by atoms with Crippen molar-refractivity contribution in [1.82, 2.24) is 9.97 Å². The van der Waals surface area contributed by atoms with E-state index in [9.17, 15) is 9.90 Å². The fourth-order valence-corrected chi connectivity index (χ4v) is 4.28. The number of morpholine rings is 1. The summed E-state index contributed by atoms with van der Waals surface area (Å²) in [6.45, 7) is 4.91. The molecule has 8 nitrogen and oxygen atoms in total. The van der Waals surface area contributed by atoms with Gasteiger partial charge < -0.3 is 24.8 Å². The van der Waals surface area contributed by atoms with Gasteiger partial charge in [0.05, 0.1) is 19.8 Å². The van der Waals surface area contributed by atoms with Crippen LogP contribution in [0.4, 0.5) is 11.4 Å². The molecule has 3 aromatic rings. The van der Waals surface area contributed by atoms with E-state index in [4.69, 9.17) is 9.47 Å². The van der Waals surface area contributed by atoms with Crippen LogP contribution in [0.3, 0.4) is 0 Å². The number of carbonyl (C=O) groups is 1. The molecule has 1 aliphatic carbocycles. The van der Waals surface area contributed by atoms with Gasteiger partial charge in [0, 0.05) is 53.9 Å². The van der Waals surface area contributed by atoms with Crippen LogP contribution in [0.5, 0.6) is 5.88 Å². The van der Waals surface area contributed by atoms with E-state index in [0.717, 1.165) is 54.0 Å². The van der Waals surface area contributed by atoms with Gasteiger partial charge in [-0.05, 0) is 61.2 Å². The maximum Gasteiger partial charge on any atom is 0.255 e. The Balaban J connectivity index is 1.41. The monoisotopic (exact) mass is 474 g/mol. The summed E-state index contributed by atoms with van der Waals surface area (Å²) in [5, 5.41) is 12.2. The lowest BCUT2D eigenvalue weighted by Crippen LogP contribution is -2.36. The van der Waals surface area contributed by atoms with Gasteiger partial charge in [-0.1, -0.05) is 6.07 Å². The summed E-state index contributed by atoms with van der Waals surface area (Å²) in [6.07, 6.45) is 5.77. The largest absolute Gasteiger partial charge is 0.474 e. The molecule has 0 unspecified atom stereocenters. The van der Waals surface area contributed by atoms with Crippen LogP contribution in [0.15, 0.2) is 48.8 Å². The van der Waals surface area contributed by atoms with Gasteiger partial charge in [0.15, 0.2) is 0 Å². The first-order valence-electron chi connectivity index (χ1n) is 12.1. The van der Waals surface area contributed by atoms with E-state index in [2.05, 4.69) is 26.3 Å². The Kier molecular flexibility index (Phi) is 6.92. The molecule has 35 heavy (non-hydrogen) atoms. The minimum Gasteiger partial charge on any atom is -0.474 e. The summed E-state index contributed by atoms with van der Waals surface area (Å²) in [4.78, 5) is 24.1. The highest BCUT2D eigenvalue weighted by molar-refractivity contribution is 6.04. The zero-order valence-corrected chi connectivity index (χ0v) is 19.9. The van der Waals surface area contributed by atoms with Crippen LogP contribution in [0, 0.1) is 6.92 Å². The minimum absolute atomic E-state index is 0.0769. The smallest absolute Gasteiger partial charge is 0.255 e. The van der Waals surface area contributed by atoms with E-state index in [1.165, 1.54) is 0 Å². The van der Waals surface area contributed by atoms with Gasteiger partial charge in [0.25, 0.3) is 5.91 Å². The van der Waals surface area contributed by atoms with Gasteiger partial charge in [-0.15, -0.1) is 0 Å². The van der Waals surface area contributed by atoms with Crippen LogP contribution in [0.1, 0.15) is 40.4 Å². The number of ether oxygens (including phenoxy) is 2. The Hall–Kier alpha value is -3.49. The summed E-state index contributed by atoms with van der Waals surface area (Å²) < 4.78 is 11.2. The van der Waals surface area contributed by atoms with Crippen molar-refractivity contribution in [2.45, 2.75) is 25.7 Å². The van der Waals surface area contributed by atoms with Gasteiger partial charge in [-0.2, -0.15) is 0 Å². The SMILES string of the molecule is Cc1ccc(NC(=O)c2ccnc(C3CC3)c2)cc1-c1cnc(OCCO)c(N2CCOCC2)c1. The quantitative estimate of drug-likeness (QED) is 0.513. The molecule has 0 atom stereocenters. The first-order valence-corrected chi connectivity index (χ1v) is 12.1. The molecule has 1 saturated heterocycles. The molecule has 1 aromatic carbocycles. The third-order valence-corrected chi connectivity index (χ3v) is 6.36. The maximum atomic E-state index is 12.9. The minimum atomic E-state index is -0.149. The molecule has 2 N–H and O–H groups in total. The van der Waals surface area contributed by atoms with E-state index in [1.807, 2.05) is 31.2 Å². The number of anilines is 2. The van der Waals surface area contributed by atoms with Crippen molar-refractivity contribution in [3.8, 4) is 17.0 Å². The van der Waals surface area contributed by atoms with Crippen LogP contribution in [0.25, 0.3) is 11.1 Å². The third-order valence-electron chi connectivity index (χ3n) is 6.36. The average Bonchev–Trinajstić information content (AvgIpc) is 3.75. The Labute approximate surface area is 204 Å². The molecule has 3 heterocycles. The standard InChI is InChI=1S/C27H30N4O4/c1-18-2-5-22(30-26(33)20-6-7-28-24(14-20)19-3-4-19)16-23(18)21-15-25(31-8-11-34-12-9-31)27(29-17-21)35-13-10-32/h2,5-7,14-17,19,32H,3-4,8-13H2,1H3,(H,30,33). The van der Waals surface area contributed by atoms with Gasteiger partial charge in [0.2, 0.25) is 5.88 Å². The zero-order chi connectivity index (χ0) is 24.2. The predicted molar refractivity (Wildman–Crippen MR) is 134 cm³/mol. The normalized spacial score (nSPS) is 15.7. The Bertz CT molecular complexity index is 1210. The van der Waals surface area contributed by atoms with Gasteiger partial charge in [-0.3, -0.25) is 9.78 Å². The molecule has 182 valence electrons. The topological polar surface area (TPSA) is 96.8 Å². The third kappa shape index (κ3) is 5.44. The van der Waals surface area contributed by atoms with Crippen molar-refractivity contribution in [3.63, 3.8) is 0 Å². The number of pyridine rings is 2. The molecule has 0 radical (unpaired) electrons. The molecule has 1 aliphatic heterocycles. The fraction of sp³-hybridized carbons (Fsp3) is 0.370. The first kappa shape index (κ1) is 23.3. The van der Waals surface area contributed by atoms with Crippen LogP contribution in [-0.2, 0) is 4.74 Å². The van der Waals surface area contributed by atoms with Crippen molar-refractivity contribution in [3.05, 3.63) is 65.6 Å². The molecule has 0 bridgehead atoms. The number of nitrogens with zero attached hydrogens (tertiary/aromatic N) is 3. The summed E-state index contributed by atoms with van der Waals surface area (Å²) in [5.41, 5.74) is 6.18. The van der Waals surface area contributed by atoms with E-state index in [1.54, 1.807) is 18.5 Å². The Morgan fingerprint density at radius 1 is 1.17 bits per heavy atom. The summed E-state index contributed by atoms with van der Waals surface area (Å²) >= 11 is 0. The van der Waals surface area contributed by atoms with Crippen molar-refractivity contribution < 1.29 is 19.4 Å². The number of benzene rings is 1. The van der Waals surface area contributed by atoms with Crippen LogP contribution < -0.4 is 15.0 Å². The summed E-state index contributed by atoms with van der Waals surface area (Å²) in [7, 11) is 0. The lowest BCUT2D eigenvalue weighted by atomic mass is 10.0. The second-order valence-corrected chi connectivity index (χ2v) is 8.95. The highest BCUT2D eigenvalue weighted by Crippen LogP contribution is 2.39. The van der Waals surface area contributed by atoms with Crippen molar-refractivity contribution in [1.29, 1.82) is 0 Å². The number of aryl methyl sites for hydroxylation is 1. The van der Waals surface area contributed by atoms with E-state index >= 15 is 0 Å². The second-order valence-electron chi connectivity index (χ2n) is 8.95. The number of aliphatic hydroxyl groups excluding tert-OH is 1. The number of nitrogens with one attached hydrogen (secondary N) is 1. The maximum absolute atomic E-state index is 12.9. The Morgan fingerprint density at radius 3 is 2.77 bits per heavy atom. The predicted octanol–water partition coefficient (Wildman–Crippen LogP) is 3.79. The van der Waals surface area contributed by atoms with Gasteiger partial charge in [-0.25, -0.2) is 4.98 Å². The van der Waals surface area contributed by atoms with Crippen LogP contribution in [-0.4, -0.2) is 60.5 Å². The average molecular weight is 475 g/mol. The number of hydrogen-bond donors (Lipinski definition) is 2. The van der Waals surface area contributed by atoms with Crippen LogP contribution in [0.2, 0.25) is 0 Å².